The predicted octanol–water partition coefficient (Wildman–Crippen LogP) is 2.15. The summed E-state index contributed by atoms with van der Waals surface area (Å²) in [6, 6.07) is 0.632. The zero-order valence-electron chi connectivity index (χ0n) is 5.78. The molecule has 8 heavy (non-hydrogen) atoms. The van der Waals surface area contributed by atoms with Crippen molar-refractivity contribution < 1.29 is 1.43 Å². The fraction of sp³-hybridized carbons (Fsp3) is 0.714. The minimum Gasteiger partial charge on any atom is -0.389 e. The molecular formula is C7H17N. The van der Waals surface area contributed by atoms with Crippen LogP contribution in [-0.4, -0.2) is 6.04 Å². The average Bonchev–Trinajstić information content (AvgIpc) is 1.83. The molecule has 0 aromatic carbocycles. The second-order valence-electron chi connectivity index (χ2n) is 1.88. The van der Waals surface area contributed by atoms with Crippen LogP contribution in [0.25, 0.3) is 0 Å². The van der Waals surface area contributed by atoms with Crippen molar-refractivity contribution in [2.75, 3.05) is 0 Å². The molecule has 0 unspecified atom stereocenters. The van der Waals surface area contributed by atoms with Gasteiger partial charge in [-0.05, 0) is 19.0 Å². The molecule has 50 valence electrons. The van der Waals surface area contributed by atoms with Crippen LogP contribution in [0.1, 0.15) is 28.1 Å². The first-order valence-electron chi connectivity index (χ1n) is 3.22. The van der Waals surface area contributed by atoms with Crippen molar-refractivity contribution in [1.82, 2.24) is 5.32 Å². The molecule has 0 fully saturated rings. The average molecular weight is 115 g/mol. The molecule has 0 saturated heterocycles. The SMILES string of the molecule is C=CNC(CC)CC.[HH]. The summed E-state index contributed by atoms with van der Waals surface area (Å²) < 4.78 is 0. The predicted molar refractivity (Wildman–Crippen MR) is 39.8 cm³/mol. The minimum absolute atomic E-state index is 0. The van der Waals surface area contributed by atoms with E-state index in [1.54, 1.807) is 6.20 Å². The largest absolute Gasteiger partial charge is 0.389 e. The Hall–Kier alpha value is -0.460. The van der Waals surface area contributed by atoms with Gasteiger partial charge in [0.25, 0.3) is 0 Å². The normalized spacial score (nSPS) is 9.38. The Morgan fingerprint density at radius 2 is 2.12 bits per heavy atom. The van der Waals surface area contributed by atoms with Crippen molar-refractivity contribution in [1.29, 1.82) is 0 Å². The van der Waals surface area contributed by atoms with E-state index in [0.29, 0.717) is 6.04 Å². The molecule has 0 rings (SSSR count). The van der Waals surface area contributed by atoms with Crippen LogP contribution in [0, 0.1) is 0 Å². The topological polar surface area (TPSA) is 12.0 Å². The molecule has 1 heteroatoms. The summed E-state index contributed by atoms with van der Waals surface area (Å²) in [6.45, 7) is 7.93. The van der Waals surface area contributed by atoms with E-state index >= 15 is 0 Å². The van der Waals surface area contributed by atoms with Crippen molar-refractivity contribution in [3.8, 4) is 0 Å². The van der Waals surface area contributed by atoms with Gasteiger partial charge in [0.15, 0.2) is 0 Å². The first kappa shape index (κ1) is 7.54. The Morgan fingerprint density at radius 1 is 1.62 bits per heavy atom. The molecule has 0 aliphatic carbocycles. The highest BCUT2D eigenvalue weighted by atomic mass is 14.9. The number of rotatable bonds is 4. The van der Waals surface area contributed by atoms with Crippen LogP contribution < -0.4 is 5.32 Å². The molecule has 0 bridgehead atoms. The second kappa shape index (κ2) is 4.69. The third-order valence-corrected chi connectivity index (χ3v) is 1.34. The molecule has 1 N–H and O–H groups in total. The molecule has 0 aliphatic heterocycles. The third kappa shape index (κ3) is 2.67. The van der Waals surface area contributed by atoms with E-state index in [2.05, 4.69) is 25.7 Å². The Bertz CT molecular complexity index is 59.9. The maximum Gasteiger partial charge on any atom is 0.0250 e. The summed E-state index contributed by atoms with van der Waals surface area (Å²) in [4.78, 5) is 0. The highest BCUT2D eigenvalue weighted by molar-refractivity contribution is 4.70. The van der Waals surface area contributed by atoms with E-state index in [0.717, 1.165) is 0 Å². The summed E-state index contributed by atoms with van der Waals surface area (Å²) in [5, 5.41) is 3.15. The molecule has 0 heterocycles. The smallest absolute Gasteiger partial charge is 0.0250 e. The second-order valence-corrected chi connectivity index (χ2v) is 1.88. The molecule has 0 aromatic rings. The molecule has 0 aromatic heterocycles. The van der Waals surface area contributed by atoms with Crippen molar-refractivity contribution in [2.45, 2.75) is 32.7 Å². The van der Waals surface area contributed by atoms with Crippen LogP contribution in [0.4, 0.5) is 0 Å². The molecule has 0 radical (unpaired) electrons. The standard InChI is InChI=1S/C7H15N.H2/c1-4-7(5-2)8-6-3;/h6-8H,3-5H2,1-2H3;1H. The lowest BCUT2D eigenvalue weighted by Gasteiger charge is -2.10. The van der Waals surface area contributed by atoms with Gasteiger partial charge in [0, 0.05) is 7.47 Å². The van der Waals surface area contributed by atoms with Crippen LogP contribution >= 0.6 is 0 Å². The zero-order valence-corrected chi connectivity index (χ0v) is 5.78. The Balaban J connectivity index is 0. The Labute approximate surface area is 53.3 Å². The molecule has 0 amide bonds. The first-order chi connectivity index (χ1) is 3.85. The molecule has 0 saturated carbocycles. The zero-order chi connectivity index (χ0) is 6.41. The van der Waals surface area contributed by atoms with Crippen LogP contribution in [-0.2, 0) is 0 Å². The first-order valence-corrected chi connectivity index (χ1v) is 3.22. The van der Waals surface area contributed by atoms with E-state index in [-0.39, 0.29) is 1.43 Å². The highest BCUT2D eigenvalue weighted by Crippen LogP contribution is 1.93. The van der Waals surface area contributed by atoms with Gasteiger partial charge in [-0.15, -0.1) is 0 Å². The van der Waals surface area contributed by atoms with Crippen LogP contribution in [0.2, 0.25) is 0 Å². The number of hydrogen-bond donors (Lipinski definition) is 1. The fourth-order valence-corrected chi connectivity index (χ4v) is 0.691. The highest BCUT2D eigenvalue weighted by Gasteiger charge is 1.95. The van der Waals surface area contributed by atoms with Crippen LogP contribution in [0.5, 0.6) is 0 Å². The monoisotopic (exact) mass is 115 g/mol. The van der Waals surface area contributed by atoms with E-state index < -0.39 is 0 Å². The van der Waals surface area contributed by atoms with Gasteiger partial charge in [0.05, 0.1) is 0 Å². The Morgan fingerprint density at radius 3 is 2.25 bits per heavy atom. The minimum atomic E-state index is 0. The summed E-state index contributed by atoms with van der Waals surface area (Å²) in [7, 11) is 0. The quantitative estimate of drug-likeness (QED) is 0.592. The van der Waals surface area contributed by atoms with Gasteiger partial charge in [-0.25, -0.2) is 0 Å². The number of nitrogens with one attached hydrogen (secondary N) is 1. The van der Waals surface area contributed by atoms with Gasteiger partial charge in [-0.1, -0.05) is 20.4 Å². The van der Waals surface area contributed by atoms with Gasteiger partial charge in [-0.3, -0.25) is 0 Å². The number of hydrogen-bond acceptors (Lipinski definition) is 1. The molecule has 0 spiro atoms. The maximum atomic E-state index is 3.59. The van der Waals surface area contributed by atoms with E-state index in [4.69, 9.17) is 0 Å². The van der Waals surface area contributed by atoms with Gasteiger partial charge >= 0.3 is 0 Å². The van der Waals surface area contributed by atoms with Crippen molar-refractivity contribution >= 4 is 0 Å². The van der Waals surface area contributed by atoms with E-state index in [9.17, 15) is 0 Å². The molecule has 0 aliphatic rings. The van der Waals surface area contributed by atoms with Crippen LogP contribution in [0.3, 0.4) is 0 Å². The summed E-state index contributed by atoms with van der Waals surface area (Å²) >= 11 is 0. The van der Waals surface area contributed by atoms with Crippen molar-refractivity contribution in [3.63, 3.8) is 0 Å². The summed E-state index contributed by atoms with van der Waals surface area (Å²) in [5.41, 5.74) is 0. The lowest BCUT2D eigenvalue weighted by atomic mass is 10.2. The molecular weight excluding hydrogens is 98.1 g/mol. The van der Waals surface area contributed by atoms with Gasteiger partial charge in [-0.2, -0.15) is 0 Å². The van der Waals surface area contributed by atoms with Gasteiger partial charge in [0.1, 0.15) is 0 Å². The van der Waals surface area contributed by atoms with Gasteiger partial charge < -0.3 is 5.32 Å². The fourth-order valence-electron chi connectivity index (χ4n) is 0.691. The lowest BCUT2D eigenvalue weighted by molar-refractivity contribution is 0.552. The third-order valence-electron chi connectivity index (χ3n) is 1.34. The van der Waals surface area contributed by atoms with E-state index in [1.807, 2.05) is 0 Å². The lowest BCUT2D eigenvalue weighted by Crippen LogP contribution is -2.21. The van der Waals surface area contributed by atoms with Crippen molar-refractivity contribution in [2.24, 2.45) is 0 Å². The summed E-state index contributed by atoms with van der Waals surface area (Å²) in [5.74, 6) is 0. The maximum absolute atomic E-state index is 3.59. The van der Waals surface area contributed by atoms with E-state index in [1.165, 1.54) is 12.8 Å². The Kier molecular flexibility index (Phi) is 4.42. The molecule has 1 nitrogen and oxygen atoms in total. The van der Waals surface area contributed by atoms with Gasteiger partial charge in [0.2, 0.25) is 0 Å². The van der Waals surface area contributed by atoms with Crippen LogP contribution in [0.15, 0.2) is 12.8 Å². The van der Waals surface area contributed by atoms with Crippen molar-refractivity contribution in [3.05, 3.63) is 12.8 Å². The summed E-state index contributed by atoms with van der Waals surface area (Å²) in [6.07, 6.45) is 4.13. The molecule has 0 atom stereocenters.